The third kappa shape index (κ3) is 4.39. The van der Waals surface area contributed by atoms with Crippen LogP contribution in [0.25, 0.3) is 0 Å². The molecule has 0 aromatic rings. The Morgan fingerprint density at radius 3 is 2.42 bits per heavy atom. The summed E-state index contributed by atoms with van der Waals surface area (Å²) in [5.74, 6) is 0. The Kier molecular flexibility index (Phi) is 4.32. The minimum Gasteiger partial charge on any atom is -0.394 e. The normalized spacial score (nSPS) is 16.2. The first-order valence-corrected chi connectivity index (χ1v) is 4.59. The Bertz CT molecular complexity index is 257. The summed E-state index contributed by atoms with van der Waals surface area (Å²) in [5, 5.41) is 16.6. The van der Waals surface area contributed by atoms with E-state index in [1.165, 1.54) is 0 Å². The zero-order chi connectivity index (χ0) is 9.78. The fourth-order valence-corrected chi connectivity index (χ4v) is 0.611. The molecular weight excluding hydrogens is 186 g/mol. The predicted octanol–water partition coefficient (Wildman–Crippen LogP) is -1.35. The second-order valence-electron chi connectivity index (χ2n) is 2.17. The molecule has 0 saturated carbocycles. The molecule has 0 aromatic heterocycles. The predicted molar refractivity (Wildman–Crippen MR) is 42.6 cm³/mol. The van der Waals surface area contributed by atoms with Crippen molar-refractivity contribution in [2.24, 2.45) is 4.99 Å². The van der Waals surface area contributed by atoms with Crippen molar-refractivity contribution >= 4 is 15.2 Å². The Morgan fingerprint density at radius 1 is 1.58 bits per heavy atom. The third-order valence-electron chi connectivity index (χ3n) is 1.11. The minimum absolute atomic E-state index is 0.248. The lowest BCUT2D eigenvalue weighted by Crippen LogP contribution is -2.18. The van der Waals surface area contributed by atoms with Crippen molar-refractivity contribution in [2.45, 2.75) is 13.0 Å². The van der Waals surface area contributed by atoms with Crippen LogP contribution in [0.5, 0.6) is 0 Å². The highest BCUT2D eigenvalue weighted by atomic mass is 32.2. The lowest BCUT2D eigenvalue weighted by Gasteiger charge is -2.02. The van der Waals surface area contributed by atoms with Gasteiger partial charge in [-0.25, -0.2) is 0 Å². The lowest BCUT2D eigenvalue weighted by atomic mass is 10.4. The Hall–Kier alpha value is -0.500. The molecule has 0 heterocycles. The molecular formula is C5H11NO5S. The topological polar surface area (TPSA) is 107 Å². The molecule has 3 N–H and O–H groups in total. The lowest BCUT2D eigenvalue weighted by molar-refractivity contribution is 0.102. The fraction of sp³-hybridized carbons (Fsp3) is 0.800. The quantitative estimate of drug-likeness (QED) is 0.294. The highest BCUT2D eigenvalue weighted by Crippen LogP contribution is 1.90. The monoisotopic (exact) mass is 197 g/mol. The molecule has 1 atom stereocenters. The van der Waals surface area contributed by atoms with Crippen molar-refractivity contribution in [2.75, 3.05) is 13.2 Å². The maximum absolute atomic E-state index is 10.3. The molecule has 0 aromatic carbocycles. The van der Waals surface area contributed by atoms with Crippen LogP contribution >= 0.6 is 0 Å². The zero-order valence-corrected chi connectivity index (χ0v) is 7.32. The van der Waals surface area contributed by atoms with Gasteiger partial charge in [0.15, 0.2) is 5.04 Å². The summed E-state index contributed by atoms with van der Waals surface area (Å²) in [6, 6.07) is 0. The van der Waals surface area contributed by atoms with Crippen LogP contribution in [-0.4, -0.2) is 47.5 Å². The molecule has 72 valence electrons. The van der Waals surface area contributed by atoms with Crippen molar-refractivity contribution in [3.05, 3.63) is 0 Å². The molecule has 0 aliphatic carbocycles. The van der Waals surface area contributed by atoms with Crippen LogP contribution in [0, 0.1) is 0 Å². The van der Waals surface area contributed by atoms with Crippen LogP contribution in [0.2, 0.25) is 0 Å². The first-order valence-electron chi connectivity index (χ1n) is 3.15. The molecule has 0 saturated heterocycles. The summed E-state index contributed by atoms with van der Waals surface area (Å²) in [6.07, 6.45) is -1.10. The van der Waals surface area contributed by atoms with E-state index in [9.17, 15) is 8.42 Å². The average Bonchev–Trinajstić information content (AvgIpc) is 1.97. The van der Waals surface area contributed by atoms with Gasteiger partial charge in [-0.3, -0.25) is 9.55 Å². The molecule has 0 aliphatic heterocycles. The summed E-state index contributed by atoms with van der Waals surface area (Å²) in [6.45, 7) is 0.351. The molecule has 6 nitrogen and oxygen atoms in total. The summed E-state index contributed by atoms with van der Waals surface area (Å²) in [5.41, 5.74) is 0. The van der Waals surface area contributed by atoms with Crippen LogP contribution in [0.4, 0.5) is 0 Å². The van der Waals surface area contributed by atoms with E-state index in [4.69, 9.17) is 14.8 Å². The summed E-state index contributed by atoms with van der Waals surface area (Å²) < 4.78 is 29.0. The van der Waals surface area contributed by atoms with E-state index in [2.05, 4.69) is 4.99 Å². The third-order valence-corrected chi connectivity index (χ3v) is 1.98. The highest BCUT2D eigenvalue weighted by Gasteiger charge is 2.09. The van der Waals surface area contributed by atoms with E-state index in [-0.39, 0.29) is 6.54 Å². The highest BCUT2D eigenvalue weighted by molar-refractivity contribution is 8.01. The van der Waals surface area contributed by atoms with Crippen molar-refractivity contribution in [1.29, 1.82) is 0 Å². The molecule has 12 heavy (non-hydrogen) atoms. The Labute approximate surface area is 70.3 Å². The van der Waals surface area contributed by atoms with Gasteiger partial charge in [-0.2, -0.15) is 8.42 Å². The second-order valence-corrected chi connectivity index (χ2v) is 3.71. The van der Waals surface area contributed by atoms with Crippen molar-refractivity contribution in [1.82, 2.24) is 0 Å². The summed E-state index contributed by atoms with van der Waals surface area (Å²) in [7, 11) is -4.25. The van der Waals surface area contributed by atoms with Crippen molar-refractivity contribution < 1.29 is 23.2 Å². The maximum Gasteiger partial charge on any atom is 0.307 e. The van der Waals surface area contributed by atoms with E-state index < -0.39 is 27.9 Å². The van der Waals surface area contributed by atoms with Gasteiger partial charge in [-0.05, 0) is 6.92 Å². The number of aliphatic imine (C=N–C) groups is 1. The zero-order valence-electron chi connectivity index (χ0n) is 6.51. The maximum atomic E-state index is 10.3. The van der Waals surface area contributed by atoms with Gasteiger partial charge < -0.3 is 10.2 Å². The molecule has 0 radical (unpaired) electrons. The van der Waals surface area contributed by atoms with Crippen LogP contribution in [-0.2, 0) is 10.1 Å². The summed E-state index contributed by atoms with van der Waals surface area (Å²) >= 11 is 0. The van der Waals surface area contributed by atoms with Crippen LogP contribution in [0.1, 0.15) is 6.92 Å². The molecule has 7 heteroatoms. The molecule has 0 fully saturated rings. The number of nitrogens with zero attached hydrogens (tertiary/aromatic N) is 1. The molecule has 0 rings (SSSR count). The largest absolute Gasteiger partial charge is 0.394 e. The molecule has 0 spiro atoms. The van der Waals surface area contributed by atoms with Gasteiger partial charge in [-0.1, -0.05) is 0 Å². The van der Waals surface area contributed by atoms with Crippen LogP contribution in [0.15, 0.2) is 4.99 Å². The smallest absolute Gasteiger partial charge is 0.307 e. The average molecular weight is 197 g/mol. The SMILES string of the molecule is CC(=NCC(O)CO)S(=O)(=O)O. The molecule has 1 unspecified atom stereocenters. The van der Waals surface area contributed by atoms with E-state index in [0.717, 1.165) is 6.92 Å². The standard InChI is InChI=1S/C5H11NO5S/c1-4(12(9,10)11)6-2-5(8)3-7/h5,7-8H,2-3H2,1H3,(H,9,10,11). The van der Waals surface area contributed by atoms with Gasteiger partial charge in [0.2, 0.25) is 0 Å². The number of aliphatic hydroxyl groups is 2. The van der Waals surface area contributed by atoms with Gasteiger partial charge in [0.25, 0.3) is 0 Å². The van der Waals surface area contributed by atoms with Crippen LogP contribution < -0.4 is 0 Å². The van der Waals surface area contributed by atoms with Gasteiger partial charge in [0.05, 0.1) is 19.3 Å². The van der Waals surface area contributed by atoms with E-state index >= 15 is 0 Å². The molecule has 0 aliphatic rings. The van der Waals surface area contributed by atoms with Gasteiger partial charge >= 0.3 is 10.1 Å². The fourth-order valence-electron chi connectivity index (χ4n) is 0.373. The molecule has 0 bridgehead atoms. The van der Waals surface area contributed by atoms with E-state index in [1.807, 2.05) is 0 Å². The minimum atomic E-state index is -4.25. The summed E-state index contributed by atoms with van der Waals surface area (Å²) in [4.78, 5) is 3.33. The van der Waals surface area contributed by atoms with Crippen molar-refractivity contribution in [3.8, 4) is 0 Å². The van der Waals surface area contributed by atoms with Crippen molar-refractivity contribution in [3.63, 3.8) is 0 Å². The number of aliphatic hydroxyl groups excluding tert-OH is 2. The number of hydrogen-bond acceptors (Lipinski definition) is 5. The van der Waals surface area contributed by atoms with E-state index in [1.54, 1.807) is 0 Å². The van der Waals surface area contributed by atoms with Gasteiger partial charge in [-0.15, -0.1) is 0 Å². The molecule has 0 amide bonds. The first-order chi connectivity index (χ1) is 5.38. The Morgan fingerprint density at radius 2 is 2.08 bits per heavy atom. The first kappa shape index (κ1) is 11.5. The van der Waals surface area contributed by atoms with E-state index in [0.29, 0.717) is 0 Å². The number of rotatable bonds is 3. The van der Waals surface area contributed by atoms with Crippen LogP contribution in [0.3, 0.4) is 0 Å². The van der Waals surface area contributed by atoms with Gasteiger partial charge in [0.1, 0.15) is 0 Å². The second kappa shape index (κ2) is 4.51. The number of hydrogen-bond donors (Lipinski definition) is 3. The van der Waals surface area contributed by atoms with Gasteiger partial charge in [0, 0.05) is 0 Å². The Balaban J connectivity index is 4.21.